The molecule has 2 nitrogen and oxygen atoms in total. The van der Waals surface area contributed by atoms with Gasteiger partial charge in [0.1, 0.15) is 0 Å². The number of hydrogen-bond acceptors (Lipinski definition) is 2. The molecule has 0 spiro atoms. The van der Waals surface area contributed by atoms with Crippen molar-refractivity contribution in [3.05, 3.63) is 17.4 Å². The minimum atomic E-state index is -8.76. The minimum Gasteiger partial charge on any atom is -0.223 e. The summed E-state index contributed by atoms with van der Waals surface area (Å²) < 4.78 is 49.4. The Bertz CT molecular complexity index is 332. The number of aromatic nitrogens is 2. The molecule has 0 N–H and O–H groups in total. The van der Waals surface area contributed by atoms with Gasteiger partial charge in [0.2, 0.25) is 0 Å². The van der Waals surface area contributed by atoms with Crippen LogP contribution in [0.25, 0.3) is 0 Å². The Morgan fingerprint density at radius 3 is 1.77 bits per heavy atom. The molecule has 0 saturated carbocycles. The van der Waals surface area contributed by atoms with Crippen LogP contribution in [0.5, 0.6) is 0 Å². The van der Waals surface area contributed by atoms with Gasteiger partial charge in [0, 0.05) is 10.7 Å². The maximum absolute atomic E-state index is 12.3. The van der Waals surface area contributed by atoms with Gasteiger partial charge in [-0.1, -0.05) is 11.6 Å². The molecule has 0 unspecified atom stereocenters. The first-order chi connectivity index (χ1) is 5.49. The largest absolute Gasteiger partial charge is 0.283 e. The second-order valence-electron chi connectivity index (χ2n) is 2.15. The highest BCUT2D eigenvalue weighted by atomic mass is 35.7. The van der Waals surface area contributed by atoms with E-state index in [0.29, 0.717) is 12.4 Å². The van der Waals surface area contributed by atoms with Gasteiger partial charge < -0.3 is 0 Å². The lowest BCUT2D eigenvalue weighted by Gasteiger charge is -2.39. The first kappa shape index (κ1) is 10.8. The van der Waals surface area contributed by atoms with Crippen molar-refractivity contribution in [2.45, 2.75) is 5.16 Å². The predicted octanol–water partition coefficient (Wildman–Crippen LogP) is 4.06. The Hall–Kier alpha value is -0.270. The third-order valence-corrected chi connectivity index (χ3v) is 2.45. The topological polar surface area (TPSA) is 25.8 Å². The number of rotatable bonds is 1. The van der Waals surface area contributed by atoms with E-state index < -0.39 is 14.2 Å². The average molecular weight is 257 g/mol. The van der Waals surface area contributed by atoms with E-state index in [0.717, 1.165) is 0 Å². The molecule has 0 radical (unpaired) electrons. The molecule has 1 aromatic rings. The minimum absolute atomic E-state index is 0.137. The van der Waals surface area contributed by atoms with Crippen LogP contribution in [0.4, 0.5) is 15.5 Å². The summed E-state index contributed by atoms with van der Waals surface area (Å²) in [5, 5.41) is -2.13. The molecule has 0 aromatic carbocycles. The third kappa shape index (κ3) is 2.85. The van der Waals surface area contributed by atoms with Crippen molar-refractivity contribution in [1.82, 2.24) is 9.97 Å². The fourth-order valence-corrected chi connectivity index (χ4v) is 1.34. The lowest BCUT2D eigenvalue weighted by Crippen LogP contribution is -2.09. The number of nitrogens with zero attached hydrogens (tertiary/aromatic N) is 2. The highest BCUT2D eigenvalue weighted by Crippen LogP contribution is 3.03. The van der Waals surface area contributed by atoms with Crippen molar-refractivity contribution in [1.29, 1.82) is 0 Å². The zero-order valence-corrected chi connectivity index (χ0v) is 8.05. The molecule has 0 aliphatic carbocycles. The molecule has 0 fully saturated rings. The maximum atomic E-state index is 12.3. The molecule has 0 atom stereocenters. The Kier molecular flexibility index (Phi) is 1.84. The van der Waals surface area contributed by atoms with Gasteiger partial charge in [-0.2, -0.15) is 0 Å². The average Bonchev–Trinajstić information content (AvgIpc) is 1.82. The van der Waals surface area contributed by atoms with Gasteiger partial charge in [-0.3, -0.25) is 0 Å². The molecule has 0 saturated heterocycles. The monoisotopic (exact) mass is 256 g/mol. The highest BCUT2D eigenvalue weighted by molar-refractivity contribution is 8.65. The van der Waals surface area contributed by atoms with E-state index in [9.17, 15) is 15.5 Å². The summed E-state index contributed by atoms with van der Waals surface area (Å²) in [5.41, 5.74) is 0. The Morgan fingerprint density at radius 1 is 1.08 bits per heavy atom. The van der Waals surface area contributed by atoms with Crippen LogP contribution in [0, 0.1) is 0 Å². The molecular weight excluding hydrogens is 255 g/mol. The van der Waals surface area contributed by atoms with Crippen molar-refractivity contribution in [2.24, 2.45) is 0 Å². The van der Waals surface area contributed by atoms with Gasteiger partial charge in [0.25, 0.3) is 14.2 Å². The molecule has 0 amide bonds. The van der Waals surface area contributed by atoms with Gasteiger partial charge in [-0.25, -0.2) is 9.97 Å². The molecule has 13 heavy (non-hydrogen) atoms. The van der Waals surface area contributed by atoms with Crippen LogP contribution in [0.1, 0.15) is 0 Å². The smallest absolute Gasteiger partial charge is 0.223 e. The van der Waals surface area contributed by atoms with E-state index in [1.807, 2.05) is 0 Å². The number of halogens is 6. The summed E-state index contributed by atoms with van der Waals surface area (Å²) >= 11 is 5.21. The third-order valence-electron chi connectivity index (χ3n) is 0.942. The predicted molar refractivity (Wildman–Crippen MR) is 43.2 cm³/mol. The van der Waals surface area contributed by atoms with Crippen LogP contribution in [0.3, 0.4) is 0 Å². The van der Waals surface area contributed by atoms with E-state index in [-0.39, 0.29) is 5.02 Å². The van der Waals surface area contributed by atoms with E-state index in [4.69, 9.17) is 11.6 Å². The van der Waals surface area contributed by atoms with Crippen molar-refractivity contribution in [2.75, 3.05) is 0 Å². The van der Waals surface area contributed by atoms with Crippen molar-refractivity contribution in [3.63, 3.8) is 0 Å². The highest BCUT2D eigenvalue weighted by Gasteiger charge is 2.66. The Balaban J connectivity index is 3.34. The van der Waals surface area contributed by atoms with Gasteiger partial charge in [-0.05, 0) is 0 Å². The van der Waals surface area contributed by atoms with Crippen molar-refractivity contribution in [3.8, 4) is 0 Å². The van der Waals surface area contributed by atoms with E-state index in [1.165, 1.54) is 0 Å². The molecule has 9 heteroatoms. The molecule has 0 aliphatic heterocycles. The SMILES string of the molecule is FS(F)(F)(F)(Cl)c1ncc(Cl)cn1. The summed E-state index contributed by atoms with van der Waals surface area (Å²) in [6.07, 6.45) is 1.23. The second kappa shape index (κ2) is 2.21. The summed E-state index contributed by atoms with van der Waals surface area (Å²) in [6, 6.07) is 0. The second-order valence-corrected chi connectivity index (χ2v) is 6.75. The van der Waals surface area contributed by atoms with Gasteiger partial charge in [0.05, 0.1) is 17.4 Å². The fourth-order valence-electron chi connectivity index (χ4n) is 0.500. The normalized spacial score (nSPS) is 17.7. The quantitative estimate of drug-likeness (QED) is 0.560. The van der Waals surface area contributed by atoms with E-state index in [1.54, 1.807) is 0 Å². The van der Waals surface area contributed by atoms with Crippen LogP contribution in [-0.4, -0.2) is 9.97 Å². The Morgan fingerprint density at radius 2 is 1.46 bits per heavy atom. The van der Waals surface area contributed by atoms with Crippen LogP contribution in [0.2, 0.25) is 5.02 Å². The summed E-state index contributed by atoms with van der Waals surface area (Å²) in [7, 11) is -4.86. The van der Waals surface area contributed by atoms with Crippen LogP contribution >= 0.6 is 31.3 Å². The molecule has 1 rings (SSSR count). The van der Waals surface area contributed by atoms with Crippen molar-refractivity contribution >= 4 is 31.3 Å². The number of hydrogen-bond donors (Lipinski definition) is 0. The van der Waals surface area contributed by atoms with Gasteiger partial charge >= 0.3 is 0 Å². The molecule has 1 heterocycles. The van der Waals surface area contributed by atoms with E-state index >= 15 is 0 Å². The summed E-state index contributed by atoms with van der Waals surface area (Å²) in [4.78, 5) is 5.34. The van der Waals surface area contributed by atoms with E-state index in [2.05, 4.69) is 20.7 Å². The zero-order chi connectivity index (χ0) is 10.4. The van der Waals surface area contributed by atoms with Crippen LogP contribution < -0.4 is 0 Å². The lowest BCUT2D eigenvalue weighted by atomic mass is 10.7. The van der Waals surface area contributed by atoms with Gasteiger partial charge in [-0.15, -0.1) is 15.5 Å². The lowest BCUT2D eigenvalue weighted by molar-refractivity contribution is 0.464. The standard InChI is InChI=1S/C4H2Cl2F4N2S/c5-3-1-11-4(12-2-3)13(6,7,8,9)10/h1-2H. The molecular formula is C4H2Cl2F4N2S. The molecule has 0 aliphatic rings. The van der Waals surface area contributed by atoms with Crippen LogP contribution in [-0.2, 0) is 0 Å². The summed E-state index contributed by atoms with van der Waals surface area (Å²) in [5.74, 6) is 0. The van der Waals surface area contributed by atoms with Crippen LogP contribution in [0.15, 0.2) is 17.6 Å². The first-order valence-corrected chi connectivity index (χ1v) is 5.96. The van der Waals surface area contributed by atoms with Gasteiger partial charge in [0.15, 0.2) is 0 Å². The summed E-state index contributed by atoms with van der Waals surface area (Å²) in [6.45, 7) is 0. The first-order valence-electron chi connectivity index (χ1n) is 2.71. The molecule has 1 aromatic heterocycles. The fraction of sp³-hybridized carbons (Fsp3) is 0. The molecule has 76 valence electrons. The Labute approximate surface area is 79.8 Å². The zero-order valence-electron chi connectivity index (χ0n) is 5.73. The molecule has 0 bridgehead atoms. The van der Waals surface area contributed by atoms with Crippen molar-refractivity contribution < 1.29 is 15.5 Å². The maximum Gasteiger partial charge on any atom is 0.283 e.